The summed E-state index contributed by atoms with van der Waals surface area (Å²) in [6.45, 7) is 0. The fraction of sp³-hybridized carbons (Fsp3) is 0.0769. The summed E-state index contributed by atoms with van der Waals surface area (Å²) in [4.78, 5) is 0. The van der Waals surface area contributed by atoms with Crippen molar-refractivity contribution in [2.75, 3.05) is 0 Å². The van der Waals surface area contributed by atoms with E-state index in [1.54, 1.807) is 0 Å². The molecule has 0 aliphatic rings. The van der Waals surface area contributed by atoms with Crippen LogP contribution >= 0.6 is 15.9 Å². The predicted molar refractivity (Wildman–Crippen MR) is 63.3 cm³/mol. The lowest BCUT2D eigenvalue weighted by molar-refractivity contribution is 1.43. The van der Waals surface area contributed by atoms with Crippen LogP contribution < -0.4 is 0 Å². The quantitative estimate of drug-likeness (QED) is 0.701. The largest absolute Gasteiger partial charge is 0.0876 e. The molecule has 1 heteroatoms. The summed E-state index contributed by atoms with van der Waals surface area (Å²) < 4.78 is 0. The van der Waals surface area contributed by atoms with Gasteiger partial charge in [-0.15, -0.1) is 0 Å². The highest BCUT2D eigenvalue weighted by atomic mass is 79.9. The molecule has 2 aromatic rings. The molecular formula is C13H10Br. The van der Waals surface area contributed by atoms with Gasteiger partial charge in [-0.3, -0.25) is 0 Å². The molecule has 0 bridgehead atoms. The Balaban J connectivity index is 2.42. The van der Waals surface area contributed by atoms with E-state index in [0.717, 1.165) is 5.33 Å². The zero-order valence-corrected chi connectivity index (χ0v) is 9.29. The molecule has 14 heavy (non-hydrogen) atoms. The maximum absolute atomic E-state index is 3.46. The molecule has 0 aliphatic carbocycles. The minimum atomic E-state index is 0.903. The van der Waals surface area contributed by atoms with Gasteiger partial charge in [0.1, 0.15) is 0 Å². The van der Waals surface area contributed by atoms with E-state index in [4.69, 9.17) is 0 Å². The Morgan fingerprint density at radius 1 is 1.00 bits per heavy atom. The summed E-state index contributed by atoms with van der Waals surface area (Å²) in [6, 6.07) is 19.6. The molecule has 0 spiro atoms. The van der Waals surface area contributed by atoms with E-state index in [-0.39, 0.29) is 0 Å². The summed E-state index contributed by atoms with van der Waals surface area (Å²) in [6.07, 6.45) is 0. The third-order valence-corrected chi connectivity index (χ3v) is 2.78. The van der Waals surface area contributed by atoms with Crippen molar-refractivity contribution in [3.8, 4) is 11.1 Å². The highest BCUT2D eigenvalue weighted by molar-refractivity contribution is 9.08. The number of rotatable bonds is 2. The second-order valence-corrected chi connectivity index (χ2v) is 3.68. The third-order valence-electron chi connectivity index (χ3n) is 2.13. The molecule has 0 N–H and O–H groups in total. The zero-order chi connectivity index (χ0) is 9.80. The van der Waals surface area contributed by atoms with Gasteiger partial charge in [0.2, 0.25) is 0 Å². The van der Waals surface area contributed by atoms with Gasteiger partial charge < -0.3 is 0 Å². The molecule has 0 atom stereocenters. The predicted octanol–water partition coefficient (Wildman–Crippen LogP) is 4.05. The van der Waals surface area contributed by atoms with Crippen molar-refractivity contribution in [2.24, 2.45) is 0 Å². The summed E-state index contributed by atoms with van der Waals surface area (Å²) in [7, 11) is 0. The van der Waals surface area contributed by atoms with Crippen molar-refractivity contribution >= 4 is 15.9 Å². The van der Waals surface area contributed by atoms with Crippen molar-refractivity contribution in [2.45, 2.75) is 5.33 Å². The Morgan fingerprint density at radius 3 is 2.50 bits per heavy atom. The highest BCUT2D eigenvalue weighted by Gasteiger charge is 1.96. The Morgan fingerprint density at radius 2 is 1.79 bits per heavy atom. The van der Waals surface area contributed by atoms with Gasteiger partial charge in [0, 0.05) is 5.33 Å². The van der Waals surface area contributed by atoms with Crippen molar-refractivity contribution in [1.82, 2.24) is 0 Å². The smallest absolute Gasteiger partial charge is 0.0283 e. The molecular weight excluding hydrogens is 236 g/mol. The molecule has 1 radical (unpaired) electrons. The van der Waals surface area contributed by atoms with Crippen LogP contribution in [0.25, 0.3) is 11.1 Å². The van der Waals surface area contributed by atoms with E-state index in [1.807, 2.05) is 12.1 Å². The van der Waals surface area contributed by atoms with Crippen LogP contribution in [0.4, 0.5) is 0 Å². The average molecular weight is 246 g/mol. The minimum absolute atomic E-state index is 0.903. The summed E-state index contributed by atoms with van der Waals surface area (Å²) in [5.74, 6) is 0. The van der Waals surface area contributed by atoms with Crippen LogP contribution in [0.15, 0.2) is 48.5 Å². The van der Waals surface area contributed by atoms with Crippen LogP contribution in [0.3, 0.4) is 0 Å². The molecule has 2 rings (SSSR count). The standard InChI is InChI=1S/C13H10Br/c14-10-11-5-4-8-13(9-11)12-6-2-1-3-7-12/h2-9H,10H2. The Labute approximate surface area is 92.7 Å². The summed E-state index contributed by atoms with van der Waals surface area (Å²) in [5, 5.41) is 0.903. The van der Waals surface area contributed by atoms with Gasteiger partial charge in [0.25, 0.3) is 0 Å². The molecule has 0 unspecified atom stereocenters. The van der Waals surface area contributed by atoms with Crippen LogP contribution in [-0.2, 0) is 5.33 Å². The van der Waals surface area contributed by atoms with Crippen molar-refractivity contribution in [3.63, 3.8) is 0 Å². The molecule has 0 aliphatic heterocycles. The molecule has 0 nitrogen and oxygen atoms in total. The number of benzene rings is 2. The van der Waals surface area contributed by atoms with Crippen LogP contribution in [0.5, 0.6) is 0 Å². The topological polar surface area (TPSA) is 0 Å². The molecule has 2 aromatic carbocycles. The van der Waals surface area contributed by atoms with Crippen molar-refractivity contribution in [1.29, 1.82) is 0 Å². The molecule has 69 valence electrons. The fourth-order valence-electron chi connectivity index (χ4n) is 1.41. The second kappa shape index (κ2) is 4.43. The van der Waals surface area contributed by atoms with Crippen LogP contribution in [0, 0.1) is 6.07 Å². The minimum Gasteiger partial charge on any atom is -0.0876 e. The fourth-order valence-corrected chi connectivity index (χ4v) is 1.76. The van der Waals surface area contributed by atoms with Crippen LogP contribution in [-0.4, -0.2) is 0 Å². The van der Waals surface area contributed by atoms with Crippen LogP contribution in [0.2, 0.25) is 0 Å². The monoisotopic (exact) mass is 245 g/mol. The van der Waals surface area contributed by atoms with E-state index in [0.29, 0.717) is 0 Å². The first-order valence-corrected chi connectivity index (χ1v) is 5.64. The van der Waals surface area contributed by atoms with Gasteiger partial charge in [-0.05, 0) is 22.8 Å². The van der Waals surface area contributed by atoms with Crippen LogP contribution in [0.1, 0.15) is 5.56 Å². The lowest BCUT2D eigenvalue weighted by atomic mass is 10.0. The molecule has 0 heterocycles. The summed E-state index contributed by atoms with van der Waals surface area (Å²) >= 11 is 3.46. The van der Waals surface area contributed by atoms with Gasteiger partial charge in [0.15, 0.2) is 0 Å². The lowest BCUT2D eigenvalue weighted by Crippen LogP contribution is -1.80. The first-order chi connectivity index (χ1) is 6.90. The molecule has 0 fully saturated rings. The van der Waals surface area contributed by atoms with Crippen molar-refractivity contribution < 1.29 is 0 Å². The Bertz CT molecular complexity index is 407. The Kier molecular flexibility index (Phi) is 3.00. The second-order valence-electron chi connectivity index (χ2n) is 3.12. The third kappa shape index (κ3) is 2.05. The van der Waals surface area contributed by atoms with E-state index in [9.17, 15) is 0 Å². The normalized spacial score (nSPS) is 10.1. The maximum Gasteiger partial charge on any atom is 0.0283 e. The number of alkyl halides is 1. The van der Waals surface area contributed by atoms with Gasteiger partial charge in [0.05, 0.1) is 0 Å². The Hall–Kier alpha value is -1.08. The average Bonchev–Trinajstić information content (AvgIpc) is 2.30. The highest BCUT2D eigenvalue weighted by Crippen LogP contribution is 2.20. The SMILES string of the molecule is BrCc1cccc(-c2cc[c]cc2)c1. The van der Waals surface area contributed by atoms with E-state index < -0.39 is 0 Å². The van der Waals surface area contributed by atoms with E-state index in [1.165, 1.54) is 16.7 Å². The van der Waals surface area contributed by atoms with Gasteiger partial charge in [-0.25, -0.2) is 0 Å². The number of halogens is 1. The van der Waals surface area contributed by atoms with Gasteiger partial charge >= 0.3 is 0 Å². The lowest BCUT2D eigenvalue weighted by Gasteiger charge is -2.02. The molecule has 0 aromatic heterocycles. The molecule has 0 saturated heterocycles. The number of hydrogen-bond donors (Lipinski definition) is 0. The van der Waals surface area contributed by atoms with E-state index >= 15 is 0 Å². The first kappa shape index (κ1) is 9.47. The van der Waals surface area contributed by atoms with E-state index in [2.05, 4.69) is 58.4 Å². The number of hydrogen-bond acceptors (Lipinski definition) is 0. The maximum atomic E-state index is 3.46. The van der Waals surface area contributed by atoms with Crippen molar-refractivity contribution in [3.05, 3.63) is 60.2 Å². The molecule has 0 amide bonds. The zero-order valence-electron chi connectivity index (χ0n) is 7.70. The first-order valence-electron chi connectivity index (χ1n) is 4.51. The van der Waals surface area contributed by atoms with Gasteiger partial charge in [-0.2, -0.15) is 0 Å². The summed E-state index contributed by atoms with van der Waals surface area (Å²) in [5.41, 5.74) is 3.80. The van der Waals surface area contributed by atoms with Gasteiger partial charge in [-0.1, -0.05) is 64.5 Å². The molecule has 0 saturated carbocycles.